The smallest absolute Gasteiger partial charge is 0.201 e. The third-order valence-corrected chi connectivity index (χ3v) is 5.10. The van der Waals surface area contributed by atoms with E-state index in [0.717, 1.165) is 22.3 Å². The normalized spacial score (nSPS) is 11.4. The molecule has 0 saturated heterocycles. The number of benzene rings is 1. The molecular weight excluding hydrogens is 383 g/mol. The molecule has 8 heteroatoms. The van der Waals surface area contributed by atoms with E-state index in [-0.39, 0.29) is 11.7 Å². The van der Waals surface area contributed by atoms with Gasteiger partial charge in [0.2, 0.25) is 5.88 Å². The van der Waals surface area contributed by atoms with Crippen LogP contribution in [0.3, 0.4) is 0 Å². The minimum atomic E-state index is -0.298. The quantitative estimate of drug-likeness (QED) is 0.497. The standard InChI is InChI=1S/C22H19FN6O/c1-27-10-14(9-25-27)11-29-13-19-20(22(29)30)17(7-8-24-19)18-12-28(2)26-21(18)15-3-5-16(23)6-4-15/h3-10,12-13,30H,11H2,1-2H3. The van der Waals surface area contributed by atoms with Crippen molar-refractivity contribution >= 4 is 10.9 Å². The van der Waals surface area contributed by atoms with Gasteiger partial charge in [-0.25, -0.2) is 4.39 Å². The zero-order chi connectivity index (χ0) is 20.8. The Kier molecular flexibility index (Phi) is 4.13. The molecule has 0 bridgehead atoms. The van der Waals surface area contributed by atoms with Crippen molar-refractivity contribution in [2.45, 2.75) is 6.54 Å². The summed E-state index contributed by atoms with van der Waals surface area (Å²) in [5.74, 6) is -0.168. The summed E-state index contributed by atoms with van der Waals surface area (Å²) in [4.78, 5) is 4.44. The molecule has 7 nitrogen and oxygen atoms in total. The third-order valence-electron chi connectivity index (χ3n) is 5.10. The molecule has 0 atom stereocenters. The van der Waals surface area contributed by atoms with Gasteiger partial charge in [0.15, 0.2) is 0 Å². The maximum Gasteiger partial charge on any atom is 0.201 e. The number of halogens is 1. The summed E-state index contributed by atoms with van der Waals surface area (Å²) >= 11 is 0. The van der Waals surface area contributed by atoms with E-state index >= 15 is 0 Å². The molecule has 0 aliphatic carbocycles. The van der Waals surface area contributed by atoms with Gasteiger partial charge < -0.3 is 9.67 Å². The minimum Gasteiger partial charge on any atom is -0.494 e. The van der Waals surface area contributed by atoms with E-state index in [1.807, 2.05) is 38.8 Å². The molecule has 1 N–H and O–H groups in total. The molecule has 150 valence electrons. The highest BCUT2D eigenvalue weighted by atomic mass is 19.1. The Morgan fingerprint density at radius 2 is 1.77 bits per heavy atom. The molecule has 0 unspecified atom stereocenters. The number of fused-ring (bicyclic) bond motifs is 1. The fourth-order valence-corrected chi connectivity index (χ4v) is 3.76. The lowest BCUT2D eigenvalue weighted by Gasteiger charge is -2.06. The van der Waals surface area contributed by atoms with Gasteiger partial charge >= 0.3 is 0 Å². The number of pyridine rings is 1. The lowest BCUT2D eigenvalue weighted by Crippen LogP contribution is -1.96. The summed E-state index contributed by atoms with van der Waals surface area (Å²) in [5, 5.41) is 20.4. The van der Waals surface area contributed by atoms with Crippen molar-refractivity contribution in [2.24, 2.45) is 14.1 Å². The van der Waals surface area contributed by atoms with E-state index in [1.165, 1.54) is 12.1 Å². The van der Waals surface area contributed by atoms with Gasteiger partial charge in [0, 0.05) is 61.1 Å². The third kappa shape index (κ3) is 3.02. The highest BCUT2D eigenvalue weighted by Gasteiger charge is 2.20. The molecule has 0 saturated carbocycles. The average Bonchev–Trinajstić information content (AvgIpc) is 3.40. The number of rotatable bonds is 4. The minimum absolute atomic E-state index is 0.130. The van der Waals surface area contributed by atoms with Crippen LogP contribution in [0, 0.1) is 5.82 Å². The predicted molar refractivity (Wildman–Crippen MR) is 111 cm³/mol. The van der Waals surface area contributed by atoms with Crippen LogP contribution in [-0.2, 0) is 20.6 Å². The lowest BCUT2D eigenvalue weighted by molar-refractivity contribution is 0.430. The van der Waals surface area contributed by atoms with Crippen molar-refractivity contribution in [1.29, 1.82) is 0 Å². The maximum atomic E-state index is 13.4. The van der Waals surface area contributed by atoms with E-state index in [1.54, 1.807) is 38.5 Å². The molecule has 5 aromatic rings. The Balaban J connectivity index is 1.66. The van der Waals surface area contributed by atoms with Crippen LogP contribution in [0.25, 0.3) is 33.3 Å². The van der Waals surface area contributed by atoms with E-state index < -0.39 is 0 Å². The van der Waals surface area contributed by atoms with Gasteiger partial charge in [0.25, 0.3) is 0 Å². The van der Waals surface area contributed by atoms with Crippen LogP contribution >= 0.6 is 0 Å². The Morgan fingerprint density at radius 3 is 2.50 bits per heavy atom. The maximum absolute atomic E-state index is 13.4. The van der Waals surface area contributed by atoms with Crippen molar-refractivity contribution in [3.8, 4) is 28.3 Å². The second kappa shape index (κ2) is 6.84. The van der Waals surface area contributed by atoms with Crippen LogP contribution < -0.4 is 0 Å². The molecule has 0 amide bonds. The SMILES string of the molecule is Cn1cc(Cn2cc3nccc(-c4cn(C)nc4-c4ccc(F)cc4)c3c2O)cn1. The van der Waals surface area contributed by atoms with Crippen molar-refractivity contribution in [3.63, 3.8) is 0 Å². The molecule has 4 aromatic heterocycles. The molecule has 0 radical (unpaired) electrons. The van der Waals surface area contributed by atoms with Crippen LogP contribution in [0.2, 0.25) is 0 Å². The predicted octanol–water partition coefficient (Wildman–Crippen LogP) is 3.73. The van der Waals surface area contributed by atoms with Gasteiger partial charge in [-0.05, 0) is 30.3 Å². The second-order valence-corrected chi connectivity index (χ2v) is 7.29. The Morgan fingerprint density at radius 1 is 0.967 bits per heavy atom. The molecule has 0 aliphatic rings. The number of aromatic hydroxyl groups is 1. The monoisotopic (exact) mass is 402 g/mol. The fraction of sp³-hybridized carbons (Fsp3) is 0.136. The number of aryl methyl sites for hydroxylation is 2. The van der Waals surface area contributed by atoms with E-state index in [4.69, 9.17) is 0 Å². The summed E-state index contributed by atoms with van der Waals surface area (Å²) in [7, 11) is 3.69. The van der Waals surface area contributed by atoms with Gasteiger partial charge in [-0.2, -0.15) is 10.2 Å². The molecule has 0 spiro atoms. The fourth-order valence-electron chi connectivity index (χ4n) is 3.76. The molecule has 1 aromatic carbocycles. The van der Waals surface area contributed by atoms with Gasteiger partial charge in [0.05, 0.1) is 23.6 Å². The molecule has 4 heterocycles. The summed E-state index contributed by atoms with van der Waals surface area (Å²) in [6.07, 6.45) is 9.12. The number of nitrogens with zero attached hydrogens (tertiary/aromatic N) is 6. The van der Waals surface area contributed by atoms with Crippen molar-refractivity contribution in [3.05, 3.63) is 72.7 Å². The zero-order valence-corrected chi connectivity index (χ0v) is 16.5. The van der Waals surface area contributed by atoms with Crippen molar-refractivity contribution in [2.75, 3.05) is 0 Å². The second-order valence-electron chi connectivity index (χ2n) is 7.29. The number of hydrogen-bond donors (Lipinski definition) is 1. The first-order valence-corrected chi connectivity index (χ1v) is 9.44. The molecular formula is C22H19FN6O. The molecule has 0 fully saturated rings. The van der Waals surface area contributed by atoms with Crippen LogP contribution in [0.1, 0.15) is 5.56 Å². The molecule has 5 rings (SSSR count). The summed E-state index contributed by atoms with van der Waals surface area (Å²) in [6, 6.07) is 8.09. The van der Waals surface area contributed by atoms with Crippen LogP contribution in [-0.4, -0.2) is 34.2 Å². The van der Waals surface area contributed by atoms with Crippen LogP contribution in [0.5, 0.6) is 5.88 Å². The van der Waals surface area contributed by atoms with Crippen LogP contribution in [0.4, 0.5) is 4.39 Å². The Labute approximate surface area is 171 Å². The largest absolute Gasteiger partial charge is 0.494 e. The number of hydrogen-bond acceptors (Lipinski definition) is 4. The Bertz CT molecular complexity index is 1360. The van der Waals surface area contributed by atoms with Gasteiger partial charge in [-0.3, -0.25) is 14.3 Å². The summed E-state index contributed by atoms with van der Waals surface area (Å²) in [6.45, 7) is 0.479. The molecule has 0 aliphatic heterocycles. The first-order valence-electron chi connectivity index (χ1n) is 9.44. The highest BCUT2D eigenvalue weighted by molar-refractivity contribution is 6.01. The van der Waals surface area contributed by atoms with Crippen LogP contribution in [0.15, 0.2) is 61.3 Å². The highest BCUT2D eigenvalue weighted by Crippen LogP contribution is 2.39. The summed E-state index contributed by atoms with van der Waals surface area (Å²) in [5.41, 5.74) is 4.82. The van der Waals surface area contributed by atoms with E-state index in [0.29, 0.717) is 23.1 Å². The van der Waals surface area contributed by atoms with Gasteiger partial charge in [-0.15, -0.1) is 0 Å². The van der Waals surface area contributed by atoms with Crippen molar-refractivity contribution < 1.29 is 9.50 Å². The topological polar surface area (TPSA) is 73.7 Å². The average molecular weight is 402 g/mol. The Hall–Kier alpha value is -3.94. The lowest BCUT2D eigenvalue weighted by atomic mass is 10.00. The summed E-state index contributed by atoms with van der Waals surface area (Å²) < 4.78 is 18.6. The van der Waals surface area contributed by atoms with Crippen molar-refractivity contribution in [1.82, 2.24) is 29.1 Å². The van der Waals surface area contributed by atoms with Gasteiger partial charge in [0.1, 0.15) is 11.5 Å². The first-order chi connectivity index (χ1) is 14.5. The van der Waals surface area contributed by atoms with E-state index in [2.05, 4.69) is 15.2 Å². The number of aromatic nitrogens is 6. The van der Waals surface area contributed by atoms with Gasteiger partial charge in [-0.1, -0.05) is 0 Å². The first kappa shape index (κ1) is 18.1. The molecule has 30 heavy (non-hydrogen) atoms. The zero-order valence-electron chi connectivity index (χ0n) is 16.5. The van der Waals surface area contributed by atoms with E-state index in [9.17, 15) is 9.50 Å².